The standard InChI is InChI=1S/C5H11N.BH2O2.K.H2O.H/c1-2-4-6-5-3-1;2-1-3;;;/h6H,1-5H2;2-3H;;1H2;/q;;+1;;-1. The molecule has 5 N–H and O–H groups in total. The van der Waals surface area contributed by atoms with Crippen LogP contribution in [0.25, 0.3) is 0 Å². The van der Waals surface area contributed by atoms with E-state index in [9.17, 15) is 0 Å². The van der Waals surface area contributed by atoms with Crippen molar-refractivity contribution in [2.24, 2.45) is 0 Å². The van der Waals surface area contributed by atoms with Crippen LogP contribution >= 0.6 is 0 Å². The topological polar surface area (TPSA) is 84.0 Å². The molecule has 0 bridgehead atoms. The van der Waals surface area contributed by atoms with Crippen LogP contribution in [0.2, 0.25) is 0 Å². The van der Waals surface area contributed by atoms with Crippen LogP contribution in [0.1, 0.15) is 20.7 Å². The van der Waals surface area contributed by atoms with E-state index in [2.05, 4.69) is 5.32 Å². The van der Waals surface area contributed by atoms with Crippen molar-refractivity contribution in [3.05, 3.63) is 0 Å². The van der Waals surface area contributed by atoms with Crippen LogP contribution in [0.15, 0.2) is 0 Å². The van der Waals surface area contributed by atoms with Crippen molar-refractivity contribution in [3.8, 4) is 0 Å². The summed E-state index contributed by atoms with van der Waals surface area (Å²) < 4.78 is 0. The van der Waals surface area contributed by atoms with Gasteiger partial charge in [0.05, 0.1) is 0 Å². The molecule has 6 heteroatoms. The molecule has 4 nitrogen and oxygen atoms in total. The molecule has 1 radical (unpaired) electrons. The number of hydrogen-bond donors (Lipinski definition) is 3. The van der Waals surface area contributed by atoms with Crippen molar-refractivity contribution in [2.45, 2.75) is 19.3 Å². The van der Waals surface area contributed by atoms with E-state index in [-0.39, 0.29) is 66.0 Å². The van der Waals surface area contributed by atoms with Gasteiger partial charge in [-0.1, -0.05) is 6.42 Å². The fraction of sp³-hybridized carbons (Fsp3) is 1.00. The smallest absolute Gasteiger partial charge is 1.00 e. The van der Waals surface area contributed by atoms with E-state index in [0.29, 0.717) is 0 Å². The third kappa shape index (κ3) is 18.5. The molecule has 0 amide bonds. The van der Waals surface area contributed by atoms with Crippen molar-refractivity contribution in [1.29, 1.82) is 0 Å². The minimum absolute atomic E-state index is 0. The maximum atomic E-state index is 7.00. The van der Waals surface area contributed by atoms with Gasteiger partial charge in [-0.25, -0.2) is 0 Å². The summed E-state index contributed by atoms with van der Waals surface area (Å²) in [5.41, 5.74) is 0. The Hall–Kier alpha value is 1.54. The van der Waals surface area contributed by atoms with Gasteiger partial charge < -0.3 is 22.3 Å². The van der Waals surface area contributed by atoms with Crippen LogP contribution in [0, 0.1) is 0 Å². The van der Waals surface area contributed by atoms with Crippen LogP contribution in [-0.2, 0) is 0 Å². The SMILES string of the molecule is C1CCNCC1.O.O[B]O.[H-].[K+]. The first kappa shape index (κ1) is 18.4. The van der Waals surface area contributed by atoms with E-state index in [1.54, 1.807) is 0 Å². The van der Waals surface area contributed by atoms with Crippen molar-refractivity contribution < 1.29 is 68.3 Å². The summed E-state index contributed by atoms with van der Waals surface area (Å²) in [6.07, 6.45) is 4.22. The van der Waals surface area contributed by atoms with Gasteiger partial charge in [0, 0.05) is 0 Å². The molecule has 0 aliphatic carbocycles. The zero-order valence-electron chi connectivity index (χ0n) is 8.01. The van der Waals surface area contributed by atoms with E-state index < -0.39 is 0 Å². The summed E-state index contributed by atoms with van der Waals surface area (Å²) in [5.74, 6) is 0. The zero-order valence-corrected chi connectivity index (χ0v) is 10.1. The van der Waals surface area contributed by atoms with E-state index >= 15 is 0 Å². The number of rotatable bonds is 0. The Kier molecular flexibility index (Phi) is 29.3. The van der Waals surface area contributed by atoms with Crippen LogP contribution in [0.5, 0.6) is 0 Å². The second kappa shape index (κ2) is 17.6. The third-order valence-electron chi connectivity index (χ3n) is 1.21. The molecular weight excluding hydrogens is 172 g/mol. The Morgan fingerprint density at radius 2 is 1.45 bits per heavy atom. The van der Waals surface area contributed by atoms with Gasteiger partial charge in [-0.15, -0.1) is 0 Å². The fourth-order valence-electron chi connectivity index (χ4n) is 0.802. The predicted octanol–water partition coefficient (Wildman–Crippen LogP) is -4.44. The first-order chi connectivity index (χ1) is 4.41. The van der Waals surface area contributed by atoms with Gasteiger partial charge in [0.25, 0.3) is 0 Å². The van der Waals surface area contributed by atoms with Gasteiger partial charge >= 0.3 is 59.1 Å². The molecule has 63 valence electrons. The molecule has 0 atom stereocenters. The Labute approximate surface area is 112 Å². The van der Waals surface area contributed by atoms with Gasteiger partial charge in [-0.2, -0.15) is 0 Å². The van der Waals surface area contributed by atoms with Crippen LogP contribution in [-0.4, -0.2) is 36.3 Å². The quantitative estimate of drug-likeness (QED) is 0.335. The number of piperidine rings is 1. The summed E-state index contributed by atoms with van der Waals surface area (Å²) in [5, 5.41) is 17.3. The molecule has 0 unspecified atom stereocenters. The van der Waals surface area contributed by atoms with E-state index in [1.807, 2.05) is 0 Å². The predicted molar refractivity (Wildman–Crippen MR) is 41.6 cm³/mol. The third-order valence-corrected chi connectivity index (χ3v) is 1.21. The second-order valence-electron chi connectivity index (χ2n) is 1.93. The first-order valence-electron chi connectivity index (χ1n) is 3.22. The molecule has 0 aromatic carbocycles. The van der Waals surface area contributed by atoms with Crippen molar-refractivity contribution in [3.63, 3.8) is 0 Å². The van der Waals surface area contributed by atoms with Crippen molar-refractivity contribution in [1.82, 2.24) is 5.32 Å². The van der Waals surface area contributed by atoms with Gasteiger partial charge in [0.2, 0.25) is 0 Å². The first-order valence-corrected chi connectivity index (χ1v) is 3.22. The minimum Gasteiger partial charge on any atom is -1.00 e. The minimum atomic E-state index is 0. The maximum absolute atomic E-state index is 7.00. The van der Waals surface area contributed by atoms with E-state index in [4.69, 9.17) is 10.0 Å². The summed E-state index contributed by atoms with van der Waals surface area (Å²) in [4.78, 5) is 0. The second-order valence-corrected chi connectivity index (χ2v) is 1.93. The van der Waals surface area contributed by atoms with Gasteiger partial charge in [-0.3, -0.25) is 0 Å². The van der Waals surface area contributed by atoms with Crippen molar-refractivity contribution >= 4 is 7.69 Å². The number of nitrogens with one attached hydrogen (secondary N) is 1. The molecule has 11 heavy (non-hydrogen) atoms. The molecule has 0 aromatic rings. The molecule has 1 saturated heterocycles. The Bertz CT molecular complexity index is 50.4. The largest absolute Gasteiger partial charge is 1.00 e. The number of hydrogen-bond acceptors (Lipinski definition) is 3. The van der Waals surface area contributed by atoms with Crippen LogP contribution in [0.3, 0.4) is 0 Å². The molecule has 1 fully saturated rings. The molecule has 0 spiro atoms. The Morgan fingerprint density at radius 1 is 1.09 bits per heavy atom. The molecule has 1 aliphatic rings. The van der Waals surface area contributed by atoms with Crippen LogP contribution < -0.4 is 56.7 Å². The fourth-order valence-corrected chi connectivity index (χ4v) is 0.802. The average molecular weight is 188 g/mol. The zero-order chi connectivity index (χ0) is 6.95. The molecule has 1 rings (SSSR count). The summed E-state index contributed by atoms with van der Waals surface area (Å²) in [6, 6.07) is 0. The van der Waals surface area contributed by atoms with Gasteiger partial charge in [-0.05, 0) is 25.9 Å². The van der Waals surface area contributed by atoms with Gasteiger partial charge in [0.15, 0.2) is 0 Å². The average Bonchev–Trinajstić information content (AvgIpc) is 1.93. The monoisotopic (exact) mass is 188 g/mol. The maximum Gasteiger partial charge on any atom is 1.00 e. The Balaban J connectivity index is -0.0000000489. The molecule has 1 aliphatic heterocycles. The Morgan fingerprint density at radius 3 is 1.55 bits per heavy atom. The summed E-state index contributed by atoms with van der Waals surface area (Å²) >= 11 is 0. The normalized spacial score (nSPS) is 14.4. The summed E-state index contributed by atoms with van der Waals surface area (Å²) in [6.45, 7) is 2.50. The molecule has 0 aromatic heterocycles. The van der Waals surface area contributed by atoms with E-state index in [1.165, 1.54) is 32.4 Å². The molecule has 0 saturated carbocycles. The van der Waals surface area contributed by atoms with Crippen LogP contribution in [0.4, 0.5) is 0 Å². The molecule has 1 heterocycles. The molecular formula is C5H16BKNO3. The van der Waals surface area contributed by atoms with E-state index in [0.717, 1.165) is 0 Å². The van der Waals surface area contributed by atoms with Crippen molar-refractivity contribution in [2.75, 3.05) is 13.1 Å². The summed E-state index contributed by atoms with van der Waals surface area (Å²) in [7, 11) is 0. The van der Waals surface area contributed by atoms with Gasteiger partial charge in [0.1, 0.15) is 0 Å².